The van der Waals surface area contributed by atoms with E-state index in [0.717, 1.165) is 6.42 Å². The van der Waals surface area contributed by atoms with Crippen molar-refractivity contribution in [3.05, 3.63) is 0 Å². The first-order valence-corrected chi connectivity index (χ1v) is 2.85. The molecule has 0 rings (SSSR count). The first-order chi connectivity index (χ1) is 3.81. The van der Waals surface area contributed by atoms with Gasteiger partial charge < -0.3 is 10.5 Å². The average Bonchev–Trinajstić information content (AvgIpc) is 1.83. The van der Waals surface area contributed by atoms with E-state index in [1.807, 2.05) is 7.05 Å². The van der Waals surface area contributed by atoms with Gasteiger partial charge >= 0.3 is 0 Å². The minimum absolute atomic E-state index is 0.481. The second-order valence-electron chi connectivity index (χ2n) is 1.89. The Morgan fingerprint density at radius 2 is 2.25 bits per heavy atom. The molecule has 0 amide bonds. The lowest BCUT2D eigenvalue weighted by Crippen LogP contribution is -2.25. The molecule has 0 aromatic carbocycles. The first kappa shape index (κ1) is 7.88. The van der Waals surface area contributed by atoms with Gasteiger partial charge in [-0.3, -0.25) is 0 Å². The van der Waals surface area contributed by atoms with E-state index in [2.05, 4.69) is 17.7 Å². The molecular weight excluding hydrogens is 104 g/mol. The van der Waals surface area contributed by atoms with Crippen LogP contribution in [-0.2, 0) is 0 Å². The zero-order chi connectivity index (χ0) is 6.41. The Bertz CT molecular complexity index is 49.7. The van der Waals surface area contributed by atoms with Crippen molar-refractivity contribution >= 4 is 0 Å². The van der Waals surface area contributed by atoms with Crippen LogP contribution in [0, 0.1) is 0 Å². The molecule has 0 fully saturated rings. The van der Waals surface area contributed by atoms with Gasteiger partial charge in [-0.25, -0.2) is 5.48 Å². The van der Waals surface area contributed by atoms with Crippen molar-refractivity contribution in [2.24, 2.45) is 0 Å². The molecule has 1 unspecified atom stereocenters. The SMILES string of the molecule is CNC(C)CCNO. The molecule has 0 aromatic heterocycles. The van der Waals surface area contributed by atoms with E-state index in [1.54, 1.807) is 0 Å². The first-order valence-electron chi connectivity index (χ1n) is 2.85. The van der Waals surface area contributed by atoms with Gasteiger partial charge in [0.15, 0.2) is 0 Å². The Hall–Kier alpha value is -0.120. The van der Waals surface area contributed by atoms with Gasteiger partial charge in [0.25, 0.3) is 0 Å². The largest absolute Gasteiger partial charge is 0.317 e. The van der Waals surface area contributed by atoms with Crippen LogP contribution in [0.3, 0.4) is 0 Å². The van der Waals surface area contributed by atoms with Crippen LogP contribution < -0.4 is 10.8 Å². The van der Waals surface area contributed by atoms with Gasteiger partial charge in [-0.15, -0.1) is 0 Å². The summed E-state index contributed by atoms with van der Waals surface area (Å²) in [7, 11) is 1.90. The molecule has 0 saturated heterocycles. The molecule has 0 aromatic rings. The Morgan fingerprint density at radius 1 is 1.62 bits per heavy atom. The summed E-state index contributed by atoms with van der Waals surface area (Å²) in [6.45, 7) is 2.72. The highest BCUT2D eigenvalue weighted by Crippen LogP contribution is 1.84. The maximum Gasteiger partial charge on any atom is 0.0222 e. The topological polar surface area (TPSA) is 44.3 Å². The van der Waals surface area contributed by atoms with E-state index in [4.69, 9.17) is 5.21 Å². The monoisotopic (exact) mass is 118 g/mol. The van der Waals surface area contributed by atoms with E-state index in [-0.39, 0.29) is 0 Å². The van der Waals surface area contributed by atoms with Crippen molar-refractivity contribution < 1.29 is 5.21 Å². The van der Waals surface area contributed by atoms with E-state index in [9.17, 15) is 0 Å². The molecule has 0 saturated carbocycles. The molecule has 3 nitrogen and oxygen atoms in total. The normalized spacial score (nSPS) is 13.9. The summed E-state index contributed by atoms with van der Waals surface area (Å²) in [5.74, 6) is 0. The molecule has 0 spiro atoms. The predicted octanol–water partition coefficient (Wildman–Crippen LogP) is -0.0368. The van der Waals surface area contributed by atoms with Crippen LogP contribution in [0.4, 0.5) is 0 Å². The van der Waals surface area contributed by atoms with Crippen LogP contribution in [0.5, 0.6) is 0 Å². The summed E-state index contributed by atoms with van der Waals surface area (Å²) in [6.07, 6.45) is 0.951. The van der Waals surface area contributed by atoms with Gasteiger partial charge in [-0.2, -0.15) is 0 Å². The summed E-state index contributed by atoms with van der Waals surface area (Å²) in [5.41, 5.74) is 2.09. The van der Waals surface area contributed by atoms with Crippen LogP contribution in [0.2, 0.25) is 0 Å². The molecule has 0 aliphatic rings. The van der Waals surface area contributed by atoms with Gasteiger partial charge in [-0.05, 0) is 20.4 Å². The van der Waals surface area contributed by atoms with Gasteiger partial charge in [0.05, 0.1) is 0 Å². The van der Waals surface area contributed by atoms with Crippen molar-refractivity contribution in [2.45, 2.75) is 19.4 Å². The molecule has 50 valence electrons. The molecule has 0 aliphatic heterocycles. The summed E-state index contributed by atoms with van der Waals surface area (Å²) in [6, 6.07) is 0.481. The number of nitrogens with one attached hydrogen (secondary N) is 2. The third kappa shape index (κ3) is 4.05. The standard InChI is InChI=1S/C5H14N2O/c1-5(6-2)3-4-7-8/h5-8H,3-4H2,1-2H3. The Kier molecular flexibility index (Phi) is 4.95. The Labute approximate surface area is 50.0 Å². The molecule has 0 aliphatic carbocycles. The quantitative estimate of drug-likeness (QED) is 0.454. The van der Waals surface area contributed by atoms with Crippen molar-refractivity contribution in [2.75, 3.05) is 13.6 Å². The molecule has 1 atom stereocenters. The molecule has 0 heterocycles. The Morgan fingerprint density at radius 3 is 2.62 bits per heavy atom. The minimum atomic E-state index is 0.481. The number of hydrogen-bond acceptors (Lipinski definition) is 3. The number of rotatable bonds is 4. The van der Waals surface area contributed by atoms with Crippen molar-refractivity contribution in [1.82, 2.24) is 10.8 Å². The van der Waals surface area contributed by atoms with E-state index in [1.165, 1.54) is 0 Å². The number of hydrogen-bond donors (Lipinski definition) is 3. The second kappa shape index (κ2) is 5.03. The summed E-state index contributed by atoms with van der Waals surface area (Å²) < 4.78 is 0. The smallest absolute Gasteiger partial charge is 0.0222 e. The van der Waals surface area contributed by atoms with Crippen LogP contribution in [0.25, 0.3) is 0 Å². The van der Waals surface area contributed by atoms with Crippen molar-refractivity contribution in [1.29, 1.82) is 0 Å². The summed E-state index contributed by atoms with van der Waals surface area (Å²) in [4.78, 5) is 0. The molecule has 3 heteroatoms. The average molecular weight is 118 g/mol. The van der Waals surface area contributed by atoms with Crippen LogP contribution >= 0.6 is 0 Å². The summed E-state index contributed by atoms with van der Waals surface area (Å²) >= 11 is 0. The zero-order valence-corrected chi connectivity index (χ0v) is 5.44. The second-order valence-corrected chi connectivity index (χ2v) is 1.89. The van der Waals surface area contributed by atoms with Crippen LogP contribution in [0.15, 0.2) is 0 Å². The molecular formula is C5H14N2O. The van der Waals surface area contributed by atoms with Gasteiger partial charge in [0.2, 0.25) is 0 Å². The molecule has 3 N–H and O–H groups in total. The third-order valence-electron chi connectivity index (χ3n) is 1.18. The molecule has 0 bridgehead atoms. The highest BCUT2D eigenvalue weighted by molar-refractivity contribution is 4.55. The maximum absolute atomic E-state index is 8.13. The highest BCUT2D eigenvalue weighted by Gasteiger charge is 1.93. The minimum Gasteiger partial charge on any atom is -0.317 e. The highest BCUT2D eigenvalue weighted by atomic mass is 16.5. The van der Waals surface area contributed by atoms with Gasteiger partial charge in [0.1, 0.15) is 0 Å². The Balaban J connectivity index is 2.86. The fourth-order valence-electron chi connectivity index (χ4n) is 0.425. The maximum atomic E-state index is 8.13. The lowest BCUT2D eigenvalue weighted by atomic mass is 10.2. The lowest BCUT2D eigenvalue weighted by Gasteiger charge is -2.06. The predicted molar refractivity (Wildman–Crippen MR) is 32.9 cm³/mol. The summed E-state index contributed by atoms with van der Waals surface area (Å²) in [5, 5.41) is 11.2. The van der Waals surface area contributed by atoms with E-state index >= 15 is 0 Å². The molecule has 0 radical (unpaired) electrons. The van der Waals surface area contributed by atoms with Gasteiger partial charge in [-0.1, -0.05) is 0 Å². The fraction of sp³-hybridized carbons (Fsp3) is 1.00. The number of hydroxylamine groups is 1. The van der Waals surface area contributed by atoms with Crippen LogP contribution in [-0.4, -0.2) is 24.8 Å². The van der Waals surface area contributed by atoms with E-state index < -0.39 is 0 Å². The third-order valence-corrected chi connectivity index (χ3v) is 1.18. The van der Waals surface area contributed by atoms with Crippen molar-refractivity contribution in [3.8, 4) is 0 Å². The van der Waals surface area contributed by atoms with E-state index in [0.29, 0.717) is 12.6 Å². The van der Waals surface area contributed by atoms with Crippen molar-refractivity contribution in [3.63, 3.8) is 0 Å². The fourth-order valence-corrected chi connectivity index (χ4v) is 0.425. The zero-order valence-electron chi connectivity index (χ0n) is 5.44. The van der Waals surface area contributed by atoms with Gasteiger partial charge in [0, 0.05) is 12.6 Å². The van der Waals surface area contributed by atoms with Crippen LogP contribution in [0.1, 0.15) is 13.3 Å². The molecule has 8 heavy (non-hydrogen) atoms. The lowest BCUT2D eigenvalue weighted by molar-refractivity contribution is 0.162.